The van der Waals surface area contributed by atoms with E-state index in [1.54, 1.807) is 13.0 Å². The molecule has 0 saturated carbocycles. The fraction of sp³-hybridized carbons (Fsp3) is 0.273. The molecule has 4 rings (SSSR count). The van der Waals surface area contributed by atoms with Crippen LogP contribution in [0.5, 0.6) is 0 Å². The number of halogens is 2. The Labute approximate surface area is 191 Å². The molecule has 10 heteroatoms. The molecule has 1 unspecified atom stereocenters. The van der Waals surface area contributed by atoms with Crippen LogP contribution in [0.2, 0.25) is 5.02 Å². The second-order valence-corrected chi connectivity index (χ2v) is 9.65. The van der Waals surface area contributed by atoms with Crippen molar-refractivity contribution in [2.24, 2.45) is 0 Å². The quantitative estimate of drug-likeness (QED) is 0.592. The summed E-state index contributed by atoms with van der Waals surface area (Å²) in [5.74, 6) is 0.200. The van der Waals surface area contributed by atoms with Gasteiger partial charge in [-0.25, -0.2) is 22.8 Å². The lowest BCUT2D eigenvalue weighted by Crippen LogP contribution is -2.44. The van der Waals surface area contributed by atoms with Gasteiger partial charge >= 0.3 is 0 Å². The Hall–Kier alpha value is -2.75. The molecular formula is C22H22ClFN4O3S. The highest BCUT2D eigenvalue weighted by Gasteiger charge is 2.23. The summed E-state index contributed by atoms with van der Waals surface area (Å²) in [7, 11) is -3.95. The van der Waals surface area contributed by atoms with E-state index in [0.717, 1.165) is 5.56 Å². The number of hydrogen-bond donors (Lipinski definition) is 1. The summed E-state index contributed by atoms with van der Waals surface area (Å²) in [4.78, 5) is 10.7. The fourth-order valence-corrected chi connectivity index (χ4v) is 4.74. The molecule has 0 aliphatic carbocycles. The maximum atomic E-state index is 13.8. The maximum absolute atomic E-state index is 13.8. The molecule has 1 aliphatic heterocycles. The van der Waals surface area contributed by atoms with Crippen molar-refractivity contribution in [3.63, 3.8) is 0 Å². The molecule has 1 aliphatic rings. The molecule has 3 aromatic rings. The molecule has 2 aromatic heterocycles. The van der Waals surface area contributed by atoms with E-state index >= 15 is 0 Å². The van der Waals surface area contributed by atoms with Crippen LogP contribution in [0.4, 0.5) is 16.0 Å². The van der Waals surface area contributed by atoms with Crippen LogP contribution in [-0.4, -0.2) is 44.2 Å². The summed E-state index contributed by atoms with van der Waals surface area (Å²) in [5.41, 5.74) is 1.55. The first-order chi connectivity index (χ1) is 15.2. The van der Waals surface area contributed by atoms with Gasteiger partial charge in [0.25, 0.3) is 10.0 Å². The van der Waals surface area contributed by atoms with E-state index < -0.39 is 15.8 Å². The van der Waals surface area contributed by atoms with Crippen LogP contribution in [0.25, 0.3) is 11.3 Å². The summed E-state index contributed by atoms with van der Waals surface area (Å²) in [6.45, 7) is 5.52. The zero-order chi connectivity index (χ0) is 22.9. The van der Waals surface area contributed by atoms with Crippen LogP contribution in [0.15, 0.2) is 53.6 Å². The van der Waals surface area contributed by atoms with Crippen LogP contribution < -0.4 is 9.62 Å². The molecule has 0 radical (unpaired) electrons. The number of anilines is 2. The molecule has 1 saturated heterocycles. The molecule has 1 N–H and O–H groups in total. The molecule has 0 spiro atoms. The van der Waals surface area contributed by atoms with E-state index in [1.807, 2.05) is 11.8 Å². The molecule has 168 valence electrons. The van der Waals surface area contributed by atoms with Gasteiger partial charge in [0.2, 0.25) is 0 Å². The van der Waals surface area contributed by atoms with Crippen LogP contribution in [0.3, 0.4) is 0 Å². The Kier molecular flexibility index (Phi) is 6.32. The van der Waals surface area contributed by atoms with Crippen molar-refractivity contribution in [1.29, 1.82) is 0 Å². The highest BCUT2D eigenvalue weighted by molar-refractivity contribution is 7.92. The van der Waals surface area contributed by atoms with Crippen molar-refractivity contribution < 1.29 is 17.5 Å². The van der Waals surface area contributed by atoms with Crippen molar-refractivity contribution in [3.05, 3.63) is 65.1 Å². The summed E-state index contributed by atoms with van der Waals surface area (Å²) in [6.07, 6.45) is 1.46. The third-order valence-corrected chi connectivity index (χ3v) is 6.89. The number of sulfonamides is 1. The van der Waals surface area contributed by atoms with E-state index in [-0.39, 0.29) is 21.8 Å². The first kappa shape index (κ1) is 22.4. The number of hydrogen-bond acceptors (Lipinski definition) is 6. The largest absolute Gasteiger partial charge is 0.377 e. The van der Waals surface area contributed by atoms with Crippen LogP contribution in [-0.2, 0) is 14.8 Å². The number of pyridine rings is 2. The van der Waals surface area contributed by atoms with Gasteiger partial charge in [-0.2, -0.15) is 0 Å². The Bertz CT molecular complexity index is 1260. The third-order valence-electron chi connectivity index (χ3n) is 5.23. The Morgan fingerprint density at radius 2 is 2.03 bits per heavy atom. The lowest BCUT2D eigenvalue weighted by Gasteiger charge is -2.34. The number of aryl methyl sites for hydroxylation is 1. The Morgan fingerprint density at radius 3 is 2.81 bits per heavy atom. The van der Waals surface area contributed by atoms with E-state index in [2.05, 4.69) is 14.7 Å². The second-order valence-electron chi connectivity index (χ2n) is 7.56. The van der Waals surface area contributed by atoms with Gasteiger partial charge in [0.05, 0.1) is 34.9 Å². The van der Waals surface area contributed by atoms with Gasteiger partial charge in [0.1, 0.15) is 17.5 Å². The average molecular weight is 477 g/mol. The summed E-state index contributed by atoms with van der Waals surface area (Å²) < 4.78 is 47.8. The number of rotatable bonds is 5. The standard InChI is InChI=1S/C22H22ClFN4O3S/c1-14-3-4-16(24)11-18(14)22-19(23)5-6-20(26-22)27-32(29,30)17-7-8-25-21(12-17)28-9-10-31-13-15(28)2/h3-8,11-12,15H,9-10,13H2,1-2H3,(H,26,27). The van der Waals surface area contributed by atoms with Crippen molar-refractivity contribution >= 4 is 33.3 Å². The minimum Gasteiger partial charge on any atom is -0.377 e. The lowest BCUT2D eigenvalue weighted by atomic mass is 10.0. The van der Waals surface area contributed by atoms with Crippen molar-refractivity contribution in [3.8, 4) is 11.3 Å². The van der Waals surface area contributed by atoms with Crippen molar-refractivity contribution in [1.82, 2.24) is 9.97 Å². The SMILES string of the molecule is Cc1ccc(F)cc1-c1nc(NS(=O)(=O)c2ccnc(N3CCOCC3C)c2)ccc1Cl. The molecule has 1 atom stereocenters. The molecule has 1 fully saturated rings. The lowest BCUT2D eigenvalue weighted by molar-refractivity contribution is 0.0985. The predicted octanol–water partition coefficient (Wildman–Crippen LogP) is 4.27. The Balaban J connectivity index is 1.64. The number of aromatic nitrogens is 2. The van der Waals surface area contributed by atoms with Crippen molar-refractivity contribution in [2.75, 3.05) is 29.4 Å². The minimum absolute atomic E-state index is 0.0569. The highest BCUT2D eigenvalue weighted by Crippen LogP contribution is 2.31. The predicted molar refractivity (Wildman–Crippen MR) is 122 cm³/mol. The van der Waals surface area contributed by atoms with Gasteiger partial charge in [0.15, 0.2) is 0 Å². The molecular weight excluding hydrogens is 455 g/mol. The first-order valence-electron chi connectivity index (χ1n) is 10.0. The smallest absolute Gasteiger partial charge is 0.263 e. The highest BCUT2D eigenvalue weighted by atomic mass is 35.5. The number of morpholine rings is 1. The Morgan fingerprint density at radius 1 is 1.22 bits per heavy atom. The fourth-order valence-electron chi connectivity index (χ4n) is 3.53. The third kappa shape index (κ3) is 4.69. The molecule has 3 heterocycles. The number of nitrogens with one attached hydrogen (secondary N) is 1. The van der Waals surface area contributed by atoms with Gasteiger partial charge < -0.3 is 9.64 Å². The normalized spacial score (nSPS) is 16.8. The summed E-state index contributed by atoms with van der Waals surface area (Å²) in [5, 5.41) is 0.286. The zero-order valence-corrected chi connectivity index (χ0v) is 19.1. The van der Waals surface area contributed by atoms with E-state index in [9.17, 15) is 12.8 Å². The first-order valence-corrected chi connectivity index (χ1v) is 11.9. The van der Waals surface area contributed by atoms with Gasteiger partial charge in [-0.15, -0.1) is 0 Å². The second kappa shape index (κ2) is 9.01. The number of benzene rings is 1. The number of nitrogens with zero attached hydrogens (tertiary/aromatic N) is 3. The monoisotopic (exact) mass is 476 g/mol. The average Bonchev–Trinajstić information content (AvgIpc) is 2.77. The summed E-state index contributed by atoms with van der Waals surface area (Å²) >= 11 is 6.28. The molecule has 32 heavy (non-hydrogen) atoms. The topological polar surface area (TPSA) is 84.4 Å². The molecule has 0 bridgehead atoms. The minimum atomic E-state index is -3.95. The molecule has 7 nitrogen and oxygen atoms in total. The van der Waals surface area contributed by atoms with E-state index in [1.165, 1.54) is 42.6 Å². The maximum Gasteiger partial charge on any atom is 0.263 e. The van der Waals surface area contributed by atoms with E-state index in [4.69, 9.17) is 16.3 Å². The number of ether oxygens (including phenoxy) is 1. The van der Waals surface area contributed by atoms with E-state index in [0.29, 0.717) is 36.8 Å². The van der Waals surface area contributed by atoms with Crippen molar-refractivity contribution in [2.45, 2.75) is 24.8 Å². The molecule has 0 amide bonds. The van der Waals surface area contributed by atoms with Crippen LogP contribution >= 0.6 is 11.6 Å². The van der Waals surface area contributed by atoms with Crippen LogP contribution in [0, 0.1) is 12.7 Å². The van der Waals surface area contributed by atoms with Gasteiger partial charge in [-0.1, -0.05) is 17.7 Å². The van der Waals surface area contributed by atoms with Crippen LogP contribution in [0.1, 0.15) is 12.5 Å². The van der Waals surface area contributed by atoms with Gasteiger partial charge in [0, 0.05) is 24.4 Å². The molecule has 1 aromatic carbocycles. The summed E-state index contributed by atoms with van der Waals surface area (Å²) in [6, 6.07) is 10.3. The zero-order valence-electron chi connectivity index (χ0n) is 17.5. The van der Waals surface area contributed by atoms with Gasteiger partial charge in [-0.3, -0.25) is 4.72 Å². The van der Waals surface area contributed by atoms with Gasteiger partial charge in [-0.05, 0) is 49.7 Å².